The fraction of sp³-hybridized carbons (Fsp3) is 0.367. The van der Waals surface area contributed by atoms with E-state index in [9.17, 15) is 19.8 Å². The van der Waals surface area contributed by atoms with E-state index in [0.29, 0.717) is 45.8 Å². The first-order chi connectivity index (χ1) is 19.7. The number of imidazole rings is 1. The van der Waals surface area contributed by atoms with Crippen molar-refractivity contribution in [3.05, 3.63) is 76.4 Å². The van der Waals surface area contributed by atoms with E-state index in [1.807, 2.05) is 39.1 Å². The van der Waals surface area contributed by atoms with Crippen LogP contribution in [0.25, 0.3) is 16.6 Å². The number of nitrogens with one attached hydrogen (secondary N) is 3. The summed E-state index contributed by atoms with van der Waals surface area (Å²) in [6.07, 6.45) is 2.23. The number of allylic oxidation sites excluding steroid dienone is 1. The van der Waals surface area contributed by atoms with Gasteiger partial charge in [0.2, 0.25) is 0 Å². The van der Waals surface area contributed by atoms with Crippen LogP contribution in [0.4, 0.5) is 0 Å². The maximum absolute atomic E-state index is 13.2. The zero-order valence-electron chi connectivity index (χ0n) is 23.3. The summed E-state index contributed by atoms with van der Waals surface area (Å²) in [4.78, 5) is 37.8. The molecule has 3 aliphatic rings. The van der Waals surface area contributed by atoms with Gasteiger partial charge in [0.05, 0.1) is 33.8 Å². The van der Waals surface area contributed by atoms with Crippen LogP contribution in [0.3, 0.4) is 0 Å². The van der Waals surface area contributed by atoms with Crippen molar-refractivity contribution in [1.29, 1.82) is 0 Å². The standard InChI is InChI=1S/C30H34N6O5/c1-16-4-5-25(17(2)10-16)41-15-19(37)13-32-22-6-8-31-28(38)26(22)27-33-23-11-20-21(12-24(23)34-27)30(40)36(29(20)39)18-7-9-35(3)14-18/h4-6,8,10-12,18-19,28,31-32,37-38H,7,9,13-15H2,1-3H3,(H,33,34)/t18-,19-,28?/m0/s1. The number of imide groups is 1. The Bertz CT molecular complexity index is 1540. The zero-order valence-corrected chi connectivity index (χ0v) is 23.3. The number of H-pyrrole nitrogens is 1. The molecule has 214 valence electrons. The van der Waals surface area contributed by atoms with Crippen LogP contribution in [0.15, 0.2) is 48.3 Å². The number of likely N-dealkylation sites (tertiary alicyclic amines) is 1. The number of fused-ring (bicyclic) bond motifs is 2. The topological polar surface area (TPSA) is 143 Å². The monoisotopic (exact) mass is 558 g/mol. The summed E-state index contributed by atoms with van der Waals surface area (Å²) >= 11 is 0. The van der Waals surface area contributed by atoms with Crippen molar-refractivity contribution in [1.82, 2.24) is 30.4 Å². The molecule has 3 aromatic rings. The lowest BCUT2D eigenvalue weighted by Crippen LogP contribution is -2.41. The number of benzene rings is 2. The van der Waals surface area contributed by atoms with Gasteiger partial charge in [-0.1, -0.05) is 17.7 Å². The fourth-order valence-electron chi connectivity index (χ4n) is 5.73. The Morgan fingerprint density at radius 3 is 2.68 bits per heavy atom. The van der Waals surface area contributed by atoms with E-state index in [2.05, 4.69) is 25.5 Å². The largest absolute Gasteiger partial charge is 0.491 e. The van der Waals surface area contributed by atoms with Gasteiger partial charge in [0.25, 0.3) is 11.8 Å². The van der Waals surface area contributed by atoms with Crippen molar-refractivity contribution in [2.45, 2.75) is 38.6 Å². The second-order valence-corrected chi connectivity index (χ2v) is 11.0. The van der Waals surface area contributed by atoms with Gasteiger partial charge >= 0.3 is 0 Å². The summed E-state index contributed by atoms with van der Waals surface area (Å²) < 4.78 is 5.80. The third-order valence-electron chi connectivity index (χ3n) is 7.86. The van der Waals surface area contributed by atoms with Gasteiger partial charge in [-0.05, 0) is 63.7 Å². The number of aliphatic hydroxyl groups excluding tert-OH is 2. The molecule has 6 rings (SSSR count). The summed E-state index contributed by atoms with van der Waals surface area (Å²) in [6.45, 7) is 5.75. The van der Waals surface area contributed by atoms with Crippen LogP contribution in [-0.4, -0.2) is 93.5 Å². The maximum Gasteiger partial charge on any atom is 0.261 e. The van der Waals surface area contributed by atoms with Crippen LogP contribution in [0.5, 0.6) is 5.75 Å². The molecule has 1 unspecified atom stereocenters. The number of aromatic amines is 1. The molecule has 0 saturated carbocycles. The molecule has 41 heavy (non-hydrogen) atoms. The number of aliphatic hydroxyl groups is 2. The molecular weight excluding hydrogens is 524 g/mol. The Kier molecular flexibility index (Phi) is 7.02. The average Bonchev–Trinajstić information content (AvgIpc) is 3.61. The lowest BCUT2D eigenvalue weighted by molar-refractivity contribution is 0.0590. The molecule has 4 heterocycles. The van der Waals surface area contributed by atoms with Gasteiger partial charge in [-0.2, -0.15) is 0 Å². The minimum absolute atomic E-state index is 0.0937. The van der Waals surface area contributed by atoms with Crippen molar-refractivity contribution in [2.75, 3.05) is 33.3 Å². The molecule has 2 amide bonds. The first-order valence-electron chi connectivity index (χ1n) is 13.8. The van der Waals surface area contributed by atoms with Gasteiger partial charge in [0, 0.05) is 25.0 Å². The van der Waals surface area contributed by atoms with E-state index in [-0.39, 0.29) is 31.0 Å². The van der Waals surface area contributed by atoms with E-state index >= 15 is 0 Å². The van der Waals surface area contributed by atoms with Crippen molar-refractivity contribution >= 4 is 28.4 Å². The Balaban J connectivity index is 1.21. The molecule has 0 radical (unpaired) electrons. The van der Waals surface area contributed by atoms with Gasteiger partial charge in [-0.25, -0.2) is 4.98 Å². The third kappa shape index (κ3) is 5.08. The van der Waals surface area contributed by atoms with E-state index < -0.39 is 12.3 Å². The highest BCUT2D eigenvalue weighted by atomic mass is 16.5. The molecule has 11 heteroatoms. The molecule has 1 fully saturated rings. The number of aromatic nitrogens is 2. The predicted octanol–water partition coefficient (Wildman–Crippen LogP) is 1.66. The van der Waals surface area contributed by atoms with Crippen molar-refractivity contribution in [3.8, 4) is 5.75 Å². The van der Waals surface area contributed by atoms with Crippen LogP contribution < -0.4 is 15.4 Å². The molecule has 5 N–H and O–H groups in total. The number of carbonyl (C=O) groups excluding carboxylic acids is 2. The number of dihydropyridines is 1. The number of amides is 2. The minimum Gasteiger partial charge on any atom is -0.491 e. The SMILES string of the molecule is Cc1ccc(OC[C@@H](O)CNC2=C(c3nc4cc5c(cc4[nH]3)C(=O)N([C@H]3CCN(C)C3)C5=O)C(O)NC=C2)c(C)c1. The highest BCUT2D eigenvalue weighted by molar-refractivity contribution is 6.23. The first-order valence-corrected chi connectivity index (χ1v) is 13.8. The van der Waals surface area contributed by atoms with Crippen molar-refractivity contribution in [3.63, 3.8) is 0 Å². The Labute approximate surface area is 237 Å². The van der Waals surface area contributed by atoms with Crippen LogP contribution >= 0.6 is 0 Å². The van der Waals surface area contributed by atoms with Gasteiger partial charge in [0.15, 0.2) is 6.23 Å². The molecule has 11 nitrogen and oxygen atoms in total. The summed E-state index contributed by atoms with van der Waals surface area (Å²) in [5.41, 5.74) is 4.95. The molecule has 3 aliphatic heterocycles. The zero-order chi connectivity index (χ0) is 28.8. The van der Waals surface area contributed by atoms with Gasteiger partial charge in [-0.3, -0.25) is 14.5 Å². The van der Waals surface area contributed by atoms with Crippen LogP contribution in [0, 0.1) is 13.8 Å². The molecule has 2 aromatic carbocycles. The normalized spacial score (nSPS) is 21.5. The summed E-state index contributed by atoms with van der Waals surface area (Å²) in [5, 5.41) is 27.4. The summed E-state index contributed by atoms with van der Waals surface area (Å²) in [5.74, 6) is 0.518. The number of hydrogen-bond acceptors (Lipinski definition) is 9. The Hall–Kier alpha value is -4.19. The summed E-state index contributed by atoms with van der Waals surface area (Å²) in [6, 6.07) is 9.05. The van der Waals surface area contributed by atoms with Crippen molar-refractivity contribution in [2.24, 2.45) is 0 Å². The molecule has 1 aromatic heterocycles. The number of aryl methyl sites for hydroxylation is 2. The van der Waals surface area contributed by atoms with E-state index in [1.54, 1.807) is 24.4 Å². The van der Waals surface area contributed by atoms with Crippen LogP contribution in [0.1, 0.15) is 44.1 Å². The number of ether oxygens (including phenoxy) is 1. The van der Waals surface area contributed by atoms with Crippen LogP contribution in [-0.2, 0) is 0 Å². The fourth-order valence-corrected chi connectivity index (χ4v) is 5.73. The number of carbonyl (C=O) groups is 2. The number of rotatable bonds is 8. The maximum atomic E-state index is 13.2. The second kappa shape index (κ2) is 10.7. The Morgan fingerprint density at radius 2 is 1.95 bits per heavy atom. The predicted molar refractivity (Wildman–Crippen MR) is 153 cm³/mol. The lowest BCUT2D eigenvalue weighted by Gasteiger charge is -2.23. The highest BCUT2D eigenvalue weighted by Gasteiger charge is 2.42. The average molecular weight is 559 g/mol. The smallest absolute Gasteiger partial charge is 0.261 e. The molecule has 1 saturated heterocycles. The van der Waals surface area contributed by atoms with Crippen LogP contribution in [0.2, 0.25) is 0 Å². The highest BCUT2D eigenvalue weighted by Crippen LogP contribution is 2.32. The second-order valence-electron chi connectivity index (χ2n) is 11.0. The van der Waals surface area contributed by atoms with Crippen molar-refractivity contribution < 1.29 is 24.5 Å². The third-order valence-corrected chi connectivity index (χ3v) is 7.86. The number of hydrogen-bond donors (Lipinski definition) is 5. The minimum atomic E-state index is -1.07. The molecule has 0 spiro atoms. The van der Waals surface area contributed by atoms with Gasteiger partial charge in [0.1, 0.15) is 24.3 Å². The van der Waals surface area contributed by atoms with E-state index in [4.69, 9.17) is 4.74 Å². The first kappa shape index (κ1) is 27.0. The number of likely N-dealkylation sites (N-methyl/N-ethyl adjacent to an activating group) is 1. The molecule has 0 aliphatic carbocycles. The van der Waals surface area contributed by atoms with E-state index in [1.165, 1.54) is 4.90 Å². The molecular formula is C30H34N6O5. The Morgan fingerprint density at radius 1 is 1.17 bits per heavy atom. The molecule has 0 bridgehead atoms. The van der Waals surface area contributed by atoms with E-state index in [0.717, 1.165) is 29.8 Å². The summed E-state index contributed by atoms with van der Waals surface area (Å²) in [7, 11) is 1.98. The lowest BCUT2D eigenvalue weighted by atomic mass is 10.1. The molecule has 3 atom stereocenters. The van der Waals surface area contributed by atoms with Gasteiger partial charge in [-0.15, -0.1) is 0 Å². The number of nitrogens with zero attached hydrogens (tertiary/aromatic N) is 3. The quantitative estimate of drug-likeness (QED) is 0.261. The van der Waals surface area contributed by atoms with Gasteiger partial charge < -0.3 is 35.5 Å².